The van der Waals surface area contributed by atoms with Crippen molar-refractivity contribution in [3.8, 4) is 45.6 Å². The molecule has 262 valence electrons. The van der Waals surface area contributed by atoms with Gasteiger partial charge in [0.05, 0.1) is 30.5 Å². The average molecular weight is 721 g/mol. The van der Waals surface area contributed by atoms with Gasteiger partial charge in [0, 0.05) is 22.9 Å². The summed E-state index contributed by atoms with van der Waals surface area (Å²) in [5.41, 5.74) is 3.07. The zero-order valence-electron chi connectivity index (χ0n) is 27.3. The third-order valence-electron chi connectivity index (χ3n) is 7.65. The van der Waals surface area contributed by atoms with Crippen LogP contribution in [0.4, 0.5) is 34.1 Å². The standard InChI is InChI=1S/C36H28N6O9S/c1-50-35-15-20(21-4-10-32(36(16-21)51-2)42-40-30-12-6-23(44)18-34(30)46)3-9-31(35)41-37-27-13-14-28(38-39-29-11-5-22(43)17-33(29)45)26-19-24(52(47,48)49)7-8-25(26)27/h3-19,43-46H,1-2H3,(H,47,48,49). The predicted molar refractivity (Wildman–Crippen MR) is 191 cm³/mol. The Hall–Kier alpha value is -6.91. The smallest absolute Gasteiger partial charge is 0.294 e. The Morgan fingerprint density at radius 1 is 0.462 bits per heavy atom. The fourth-order valence-electron chi connectivity index (χ4n) is 5.03. The van der Waals surface area contributed by atoms with Gasteiger partial charge in [0.2, 0.25) is 0 Å². The lowest BCUT2D eigenvalue weighted by Gasteiger charge is -2.10. The number of nitrogens with zero attached hydrogens (tertiary/aromatic N) is 6. The van der Waals surface area contributed by atoms with E-state index >= 15 is 0 Å². The first-order chi connectivity index (χ1) is 24.9. The molecule has 0 radical (unpaired) electrons. The Bertz CT molecular complexity index is 2540. The number of fused-ring (bicyclic) bond motifs is 1. The molecule has 52 heavy (non-hydrogen) atoms. The van der Waals surface area contributed by atoms with Gasteiger partial charge in [0.1, 0.15) is 57.2 Å². The van der Waals surface area contributed by atoms with Gasteiger partial charge in [0.25, 0.3) is 10.1 Å². The summed E-state index contributed by atoms with van der Waals surface area (Å²) in [5, 5.41) is 65.1. The third-order valence-corrected chi connectivity index (χ3v) is 8.50. The summed E-state index contributed by atoms with van der Waals surface area (Å²) in [5.74, 6) is -0.00213. The van der Waals surface area contributed by atoms with E-state index in [4.69, 9.17) is 9.47 Å². The van der Waals surface area contributed by atoms with Gasteiger partial charge in [0.15, 0.2) is 0 Å². The summed E-state index contributed by atoms with van der Waals surface area (Å²) in [4.78, 5) is -0.375. The van der Waals surface area contributed by atoms with Gasteiger partial charge in [-0.05, 0) is 83.9 Å². The fraction of sp³-hybridized carbons (Fsp3) is 0.0556. The molecule has 6 aromatic rings. The molecule has 0 saturated heterocycles. The highest BCUT2D eigenvalue weighted by molar-refractivity contribution is 7.85. The molecule has 0 aliphatic rings. The van der Waals surface area contributed by atoms with Crippen LogP contribution in [0.5, 0.6) is 34.5 Å². The van der Waals surface area contributed by atoms with E-state index in [-0.39, 0.29) is 50.3 Å². The highest BCUT2D eigenvalue weighted by Gasteiger charge is 2.15. The Morgan fingerprint density at radius 2 is 0.865 bits per heavy atom. The van der Waals surface area contributed by atoms with Gasteiger partial charge in [-0.15, -0.1) is 30.7 Å². The summed E-state index contributed by atoms with van der Waals surface area (Å²) in [7, 11) is -1.59. The van der Waals surface area contributed by atoms with Gasteiger partial charge in [-0.2, -0.15) is 8.42 Å². The molecule has 0 bridgehead atoms. The van der Waals surface area contributed by atoms with Crippen LogP contribution in [0.3, 0.4) is 0 Å². The molecule has 0 aliphatic carbocycles. The number of azo groups is 3. The highest BCUT2D eigenvalue weighted by atomic mass is 32.2. The largest absolute Gasteiger partial charge is 0.508 e. The van der Waals surface area contributed by atoms with Crippen LogP contribution in [-0.2, 0) is 10.1 Å². The molecule has 0 fully saturated rings. The molecule has 0 spiro atoms. The van der Waals surface area contributed by atoms with Crippen LogP contribution in [0.2, 0.25) is 0 Å². The average Bonchev–Trinajstić information content (AvgIpc) is 3.12. The summed E-state index contributed by atoms with van der Waals surface area (Å²) >= 11 is 0. The highest BCUT2D eigenvalue weighted by Crippen LogP contribution is 2.41. The first-order valence-corrected chi connectivity index (χ1v) is 16.6. The first-order valence-electron chi connectivity index (χ1n) is 15.1. The van der Waals surface area contributed by atoms with Crippen molar-refractivity contribution in [3.63, 3.8) is 0 Å². The number of hydrogen-bond acceptors (Lipinski definition) is 14. The van der Waals surface area contributed by atoms with Crippen LogP contribution in [0, 0.1) is 0 Å². The molecule has 0 aromatic heterocycles. The SMILES string of the molecule is COc1cc(-c2ccc(N=Nc3ccc(N=Nc4ccc(O)cc4O)c4cc(S(=O)(=O)O)ccc34)c(OC)c2)ccc1N=Nc1ccc(O)cc1O. The van der Waals surface area contributed by atoms with Crippen molar-refractivity contribution in [2.24, 2.45) is 30.7 Å². The maximum absolute atomic E-state index is 12.0. The lowest BCUT2D eigenvalue weighted by molar-refractivity contribution is 0.415. The lowest BCUT2D eigenvalue weighted by Crippen LogP contribution is -1.97. The second-order valence-electron chi connectivity index (χ2n) is 11.0. The van der Waals surface area contributed by atoms with E-state index in [0.717, 1.165) is 23.3 Å². The Balaban J connectivity index is 1.31. The minimum Gasteiger partial charge on any atom is -0.508 e. The summed E-state index contributed by atoms with van der Waals surface area (Å²) in [6.45, 7) is 0. The molecule has 16 heteroatoms. The second-order valence-corrected chi connectivity index (χ2v) is 12.4. The number of ether oxygens (including phenoxy) is 2. The zero-order valence-corrected chi connectivity index (χ0v) is 28.1. The van der Waals surface area contributed by atoms with Gasteiger partial charge < -0.3 is 29.9 Å². The third kappa shape index (κ3) is 7.62. The van der Waals surface area contributed by atoms with Crippen LogP contribution >= 0.6 is 0 Å². The van der Waals surface area contributed by atoms with E-state index < -0.39 is 10.1 Å². The molecule has 5 N–H and O–H groups in total. The van der Waals surface area contributed by atoms with Crippen molar-refractivity contribution < 1.29 is 42.9 Å². The predicted octanol–water partition coefficient (Wildman–Crippen LogP) is 9.84. The lowest BCUT2D eigenvalue weighted by atomic mass is 10.0. The number of rotatable bonds is 10. The quantitative estimate of drug-likeness (QED) is 0.0669. The van der Waals surface area contributed by atoms with E-state index in [2.05, 4.69) is 30.7 Å². The Kier molecular flexibility index (Phi) is 9.75. The molecule has 0 saturated carbocycles. The normalized spacial score (nSPS) is 12.0. The molecular formula is C36H28N6O9S. The van der Waals surface area contributed by atoms with E-state index in [9.17, 15) is 33.4 Å². The fourth-order valence-corrected chi connectivity index (χ4v) is 5.53. The van der Waals surface area contributed by atoms with Crippen molar-refractivity contribution in [1.82, 2.24) is 0 Å². The molecule has 0 atom stereocenters. The molecule has 6 rings (SSSR count). The Labute approximate surface area is 295 Å². The minimum absolute atomic E-state index is 0.0582. The topological polar surface area (TPSA) is 228 Å². The maximum atomic E-state index is 12.0. The van der Waals surface area contributed by atoms with Crippen molar-refractivity contribution in [2.45, 2.75) is 4.90 Å². The van der Waals surface area contributed by atoms with E-state index in [1.165, 1.54) is 62.8 Å². The number of phenolic OH excluding ortho intramolecular Hbond substituents is 4. The maximum Gasteiger partial charge on any atom is 0.294 e. The van der Waals surface area contributed by atoms with Gasteiger partial charge in [-0.25, -0.2) is 0 Å². The van der Waals surface area contributed by atoms with Gasteiger partial charge >= 0.3 is 0 Å². The molecule has 0 aliphatic heterocycles. The summed E-state index contributed by atoms with van der Waals surface area (Å²) < 4.78 is 44.7. The van der Waals surface area contributed by atoms with E-state index in [1.807, 2.05) is 0 Å². The first kappa shape index (κ1) is 34.9. The molecule has 0 amide bonds. The monoisotopic (exact) mass is 720 g/mol. The van der Waals surface area contributed by atoms with Crippen LogP contribution in [0.15, 0.2) is 139 Å². The van der Waals surface area contributed by atoms with Crippen molar-refractivity contribution in [1.29, 1.82) is 0 Å². The van der Waals surface area contributed by atoms with Crippen molar-refractivity contribution in [2.75, 3.05) is 14.2 Å². The number of benzene rings is 6. The number of phenols is 4. The van der Waals surface area contributed by atoms with Crippen LogP contribution in [0.25, 0.3) is 21.9 Å². The molecular weight excluding hydrogens is 692 g/mol. The van der Waals surface area contributed by atoms with Crippen molar-refractivity contribution >= 4 is 55.0 Å². The summed E-state index contributed by atoms with van der Waals surface area (Å²) in [6, 6.07) is 25.3. The molecule has 0 unspecified atom stereocenters. The van der Waals surface area contributed by atoms with Crippen LogP contribution in [0.1, 0.15) is 0 Å². The van der Waals surface area contributed by atoms with Crippen LogP contribution in [-0.4, -0.2) is 47.6 Å². The zero-order chi connectivity index (χ0) is 37.0. The van der Waals surface area contributed by atoms with E-state index in [1.54, 1.807) is 42.5 Å². The molecule has 6 aromatic carbocycles. The van der Waals surface area contributed by atoms with Gasteiger partial charge in [-0.1, -0.05) is 18.2 Å². The molecule has 15 nitrogen and oxygen atoms in total. The van der Waals surface area contributed by atoms with E-state index in [0.29, 0.717) is 33.9 Å². The number of aromatic hydroxyl groups is 4. The second kappa shape index (κ2) is 14.5. The summed E-state index contributed by atoms with van der Waals surface area (Å²) in [6.07, 6.45) is 0. The van der Waals surface area contributed by atoms with Gasteiger partial charge in [-0.3, -0.25) is 4.55 Å². The van der Waals surface area contributed by atoms with Crippen LogP contribution < -0.4 is 9.47 Å². The van der Waals surface area contributed by atoms with Crippen molar-refractivity contribution in [3.05, 3.63) is 103 Å². The molecule has 0 heterocycles. The Morgan fingerprint density at radius 3 is 1.31 bits per heavy atom. The number of hydrogen-bond donors (Lipinski definition) is 5. The number of methoxy groups -OCH3 is 2. The minimum atomic E-state index is -4.56.